The van der Waals surface area contributed by atoms with Crippen molar-refractivity contribution in [1.29, 1.82) is 5.26 Å². The molecule has 1 N–H and O–H groups in total. The summed E-state index contributed by atoms with van der Waals surface area (Å²) in [5.41, 5.74) is 4.59. The van der Waals surface area contributed by atoms with E-state index in [9.17, 15) is 18.0 Å². The molecule has 2 aromatic heterocycles. The van der Waals surface area contributed by atoms with Crippen LogP contribution in [0.2, 0.25) is 0 Å². The first kappa shape index (κ1) is 31.0. The number of hydrogen-bond acceptors (Lipinski definition) is 6. The number of amides is 1. The molecule has 0 aliphatic carbocycles. The minimum absolute atomic E-state index is 0.133. The molecule has 0 spiro atoms. The Balaban J connectivity index is 1.37. The first-order chi connectivity index (χ1) is 20.0. The summed E-state index contributed by atoms with van der Waals surface area (Å²) in [6.45, 7) is 10.6. The Morgan fingerprint density at radius 1 is 1.12 bits per heavy atom. The number of pyridine rings is 2. The van der Waals surface area contributed by atoms with Gasteiger partial charge in [0, 0.05) is 56.2 Å². The number of nitrogens with zero attached hydrogens (tertiary/aromatic N) is 5. The van der Waals surface area contributed by atoms with E-state index in [1.54, 1.807) is 18.3 Å². The van der Waals surface area contributed by atoms with Gasteiger partial charge in [-0.05, 0) is 99.5 Å². The molecule has 0 bridgehead atoms. The second-order valence-corrected chi connectivity index (χ2v) is 11.1. The number of anilines is 1. The number of nitriles is 1. The van der Waals surface area contributed by atoms with Crippen LogP contribution < -0.4 is 10.2 Å². The number of carbonyl (C=O) groups is 1. The van der Waals surface area contributed by atoms with Crippen molar-refractivity contribution in [3.05, 3.63) is 88.0 Å². The van der Waals surface area contributed by atoms with Gasteiger partial charge in [0.15, 0.2) is 0 Å². The Bertz CT molecular complexity index is 1400. The van der Waals surface area contributed by atoms with Crippen LogP contribution in [-0.2, 0) is 12.7 Å². The Labute approximate surface area is 245 Å². The van der Waals surface area contributed by atoms with E-state index in [4.69, 9.17) is 5.26 Å². The molecule has 1 atom stereocenters. The van der Waals surface area contributed by atoms with Crippen LogP contribution in [0.25, 0.3) is 0 Å². The van der Waals surface area contributed by atoms with Gasteiger partial charge in [-0.15, -0.1) is 0 Å². The molecule has 0 radical (unpaired) electrons. The Hall–Kier alpha value is -3.97. The number of hydrogen-bond donors (Lipinski definition) is 1. The van der Waals surface area contributed by atoms with Crippen LogP contribution in [0.1, 0.15) is 70.1 Å². The maximum Gasteiger partial charge on any atom is 0.433 e. The number of alkyl halides is 3. The highest BCUT2D eigenvalue weighted by molar-refractivity contribution is 5.97. The summed E-state index contributed by atoms with van der Waals surface area (Å²) in [4.78, 5) is 25.4. The molecule has 1 fully saturated rings. The van der Waals surface area contributed by atoms with Gasteiger partial charge >= 0.3 is 6.18 Å². The van der Waals surface area contributed by atoms with E-state index < -0.39 is 11.9 Å². The molecule has 1 aliphatic rings. The van der Waals surface area contributed by atoms with Crippen LogP contribution >= 0.6 is 0 Å². The summed E-state index contributed by atoms with van der Waals surface area (Å²) >= 11 is 0. The molecule has 10 heteroatoms. The summed E-state index contributed by atoms with van der Waals surface area (Å²) in [6.07, 6.45) is 2.87. The Kier molecular flexibility index (Phi) is 9.84. The van der Waals surface area contributed by atoms with Gasteiger partial charge in [0.2, 0.25) is 0 Å². The smallest absolute Gasteiger partial charge is 0.363 e. The summed E-state index contributed by atoms with van der Waals surface area (Å²) in [5, 5.41) is 12.2. The highest BCUT2D eigenvalue weighted by Crippen LogP contribution is 2.31. The molecule has 1 unspecified atom stereocenters. The lowest BCUT2D eigenvalue weighted by Gasteiger charge is -2.42. The van der Waals surface area contributed by atoms with E-state index >= 15 is 0 Å². The van der Waals surface area contributed by atoms with E-state index in [1.807, 2.05) is 33.0 Å². The van der Waals surface area contributed by atoms with Crippen LogP contribution in [0.5, 0.6) is 0 Å². The van der Waals surface area contributed by atoms with Gasteiger partial charge in [0.1, 0.15) is 5.69 Å². The van der Waals surface area contributed by atoms with Gasteiger partial charge in [-0.3, -0.25) is 9.78 Å². The lowest BCUT2D eigenvalue weighted by Crippen LogP contribution is -2.48. The van der Waals surface area contributed by atoms with E-state index in [-0.39, 0.29) is 18.0 Å². The van der Waals surface area contributed by atoms with Crippen LogP contribution in [0.15, 0.2) is 48.9 Å². The van der Waals surface area contributed by atoms with Gasteiger partial charge in [-0.25, -0.2) is 4.98 Å². The molecule has 1 amide bonds. The average molecular weight is 579 g/mol. The SMILES string of the molecule is Cc1ccncc1CN(c1ccc(C(F)(F)F)nc1)C1CCN(C(C)CCNC(=O)c2c(C)cc(C#N)cc2C)CC1. The number of aryl methyl sites for hydroxylation is 3. The maximum atomic E-state index is 13.2. The van der Waals surface area contributed by atoms with Crippen molar-refractivity contribution in [3.8, 4) is 6.07 Å². The van der Waals surface area contributed by atoms with E-state index in [0.29, 0.717) is 29.9 Å². The third kappa shape index (κ3) is 7.45. The molecule has 1 saturated heterocycles. The molecular weight excluding hydrogens is 541 g/mol. The monoisotopic (exact) mass is 578 g/mol. The predicted molar refractivity (Wildman–Crippen MR) is 156 cm³/mol. The number of rotatable bonds is 9. The van der Waals surface area contributed by atoms with Crippen molar-refractivity contribution in [2.75, 3.05) is 24.5 Å². The van der Waals surface area contributed by atoms with E-state index in [1.165, 1.54) is 12.3 Å². The predicted octanol–water partition coefficient (Wildman–Crippen LogP) is 5.97. The Morgan fingerprint density at radius 2 is 1.81 bits per heavy atom. The second-order valence-electron chi connectivity index (χ2n) is 11.1. The second kappa shape index (κ2) is 13.3. The minimum atomic E-state index is -4.48. The fourth-order valence-electron chi connectivity index (χ4n) is 5.69. The summed E-state index contributed by atoms with van der Waals surface area (Å²) in [5.74, 6) is -0.133. The highest BCUT2D eigenvalue weighted by Gasteiger charge is 2.33. The molecule has 42 heavy (non-hydrogen) atoms. The molecule has 0 saturated carbocycles. The molecule has 3 heterocycles. The largest absolute Gasteiger partial charge is 0.433 e. The van der Waals surface area contributed by atoms with Gasteiger partial charge in [0.05, 0.1) is 23.5 Å². The molecule has 3 aromatic rings. The van der Waals surface area contributed by atoms with Crippen molar-refractivity contribution in [3.63, 3.8) is 0 Å². The summed E-state index contributed by atoms with van der Waals surface area (Å²) in [7, 11) is 0. The zero-order valence-corrected chi connectivity index (χ0v) is 24.5. The Morgan fingerprint density at radius 3 is 2.38 bits per heavy atom. The molecule has 1 aromatic carbocycles. The van der Waals surface area contributed by atoms with Crippen molar-refractivity contribution >= 4 is 11.6 Å². The maximum absolute atomic E-state index is 13.2. The number of carbonyl (C=O) groups excluding carboxylic acids is 1. The zero-order chi connectivity index (χ0) is 30.4. The molecule has 7 nitrogen and oxygen atoms in total. The topological polar surface area (TPSA) is 85.2 Å². The molecule has 4 rings (SSSR count). The third-order valence-corrected chi connectivity index (χ3v) is 8.16. The number of halogens is 3. The van der Waals surface area contributed by atoms with Crippen molar-refractivity contribution in [1.82, 2.24) is 20.2 Å². The van der Waals surface area contributed by atoms with Gasteiger partial charge < -0.3 is 15.1 Å². The van der Waals surface area contributed by atoms with Gasteiger partial charge in [-0.1, -0.05) is 0 Å². The lowest BCUT2D eigenvalue weighted by molar-refractivity contribution is -0.141. The van der Waals surface area contributed by atoms with Crippen LogP contribution in [-0.4, -0.2) is 52.5 Å². The van der Waals surface area contributed by atoms with Crippen molar-refractivity contribution < 1.29 is 18.0 Å². The minimum Gasteiger partial charge on any atom is -0.363 e. The summed E-state index contributed by atoms with van der Waals surface area (Å²) in [6, 6.07) is 10.5. The number of nitrogens with one attached hydrogen (secondary N) is 1. The fourth-order valence-corrected chi connectivity index (χ4v) is 5.69. The average Bonchev–Trinajstić information content (AvgIpc) is 2.96. The van der Waals surface area contributed by atoms with Crippen LogP contribution in [0, 0.1) is 32.1 Å². The lowest BCUT2D eigenvalue weighted by atomic mass is 9.98. The first-order valence-electron chi connectivity index (χ1n) is 14.2. The normalized spacial score (nSPS) is 15.2. The van der Waals surface area contributed by atoms with Gasteiger partial charge in [0.25, 0.3) is 5.91 Å². The van der Waals surface area contributed by atoms with Crippen molar-refractivity contribution in [2.24, 2.45) is 0 Å². The van der Waals surface area contributed by atoms with E-state index in [0.717, 1.165) is 60.7 Å². The number of aromatic nitrogens is 2. The third-order valence-electron chi connectivity index (χ3n) is 8.16. The first-order valence-corrected chi connectivity index (χ1v) is 14.2. The highest BCUT2D eigenvalue weighted by atomic mass is 19.4. The standard InChI is InChI=1S/C32H37F3N6O/c1-21-7-11-37-18-26(21)20-41(28-5-6-29(39-19-28)32(33,34)35)27-9-13-40(14-10-27)24(4)8-12-38-31(42)30-22(2)15-25(17-36)16-23(30)3/h5-7,11,15-16,18-19,24,27H,8-10,12-14,20H2,1-4H3,(H,38,42). The quantitative estimate of drug-likeness (QED) is 0.337. The van der Waals surface area contributed by atoms with Crippen molar-refractivity contribution in [2.45, 2.75) is 71.8 Å². The number of benzene rings is 1. The number of likely N-dealkylation sites (tertiary alicyclic amines) is 1. The molecule has 1 aliphatic heterocycles. The van der Waals surface area contributed by atoms with Crippen LogP contribution in [0.3, 0.4) is 0 Å². The fraction of sp³-hybridized carbons (Fsp3) is 0.438. The van der Waals surface area contributed by atoms with E-state index in [2.05, 4.69) is 38.1 Å². The zero-order valence-electron chi connectivity index (χ0n) is 24.5. The molecular formula is C32H37F3N6O. The summed E-state index contributed by atoms with van der Waals surface area (Å²) < 4.78 is 39.5. The number of piperidine rings is 1. The molecule has 222 valence electrons. The van der Waals surface area contributed by atoms with Gasteiger partial charge in [-0.2, -0.15) is 18.4 Å². The van der Waals surface area contributed by atoms with Crippen LogP contribution in [0.4, 0.5) is 18.9 Å².